The van der Waals surface area contributed by atoms with Crippen LogP contribution in [0.2, 0.25) is 0 Å². The van der Waals surface area contributed by atoms with Crippen molar-refractivity contribution in [3.8, 4) is 0 Å². The number of halogens is 3. The smallest absolute Gasteiger partial charge is 0.475 e. The number of carboxylic acid groups (broad SMARTS) is 1. The number of alkyl halides is 3. The van der Waals surface area contributed by atoms with Gasteiger partial charge in [-0.05, 0) is 37.9 Å². The van der Waals surface area contributed by atoms with Gasteiger partial charge in [-0.25, -0.2) is 4.79 Å². The topological polar surface area (TPSA) is 83.6 Å². The summed E-state index contributed by atoms with van der Waals surface area (Å²) in [7, 11) is 3.97. The number of rotatable bonds is 3. The quantitative estimate of drug-likeness (QED) is 0.791. The molecule has 0 aromatic carbocycles. The molecule has 0 radical (unpaired) electrons. The number of carbonyl (C=O) groups excluding carboxylic acids is 1. The van der Waals surface area contributed by atoms with Crippen molar-refractivity contribution in [2.24, 2.45) is 19.5 Å². The van der Waals surface area contributed by atoms with Gasteiger partial charge in [0.25, 0.3) is 0 Å². The van der Waals surface area contributed by atoms with Crippen molar-refractivity contribution in [3.63, 3.8) is 0 Å². The minimum Gasteiger partial charge on any atom is -0.475 e. The van der Waals surface area contributed by atoms with Crippen LogP contribution in [-0.2, 0) is 30.2 Å². The Morgan fingerprint density at radius 3 is 2.52 bits per heavy atom. The molecule has 31 heavy (non-hydrogen) atoms. The lowest BCUT2D eigenvalue weighted by Gasteiger charge is -2.39. The molecule has 0 aliphatic carbocycles. The van der Waals surface area contributed by atoms with Crippen molar-refractivity contribution >= 4 is 17.6 Å². The van der Waals surface area contributed by atoms with Crippen LogP contribution in [0.5, 0.6) is 0 Å². The van der Waals surface area contributed by atoms with Crippen LogP contribution in [0.4, 0.5) is 18.9 Å². The zero-order chi connectivity index (χ0) is 22.8. The second-order valence-corrected chi connectivity index (χ2v) is 8.09. The molecule has 11 heteroatoms. The van der Waals surface area contributed by atoms with Gasteiger partial charge in [-0.1, -0.05) is 0 Å². The van der Waals surface area contributed by atoms with E-state index in [0.29, 0.717) is 0 Å². The van der Waals surface area contributed by atoms with E-state index < -0.39 is 12.1 Å². The summed E-state index contributed by atoms with van der Waals surface area (Å²) in [6.07, 6.45) is 3.77. The van der Waals surface area contributed by atoms with E-state index in [2.05, 4.69) is 39.9 Å². The molecule has 2 saturated heterocycles. The molecular weight excluding hydrogens is 415 g/mol. The number of nitrogens with zero attached hydrogens (tertiary/aromatic N) is 5. The molecule has 4 heterocycles. The zero-order valence-corrected chi connectivity index (χ0v) is 17.5. The summed E-state index contributed by atoms with van der Waals surface area (Å²) < 4.78 is 35.7. The number of likely N-dealkylation sites (tertiary alicyclic amines) is 1. The third-order valence-corrected chi connectivity index (χ3v) is 5.85. The lowest BCUT2D eigenvalue weighted by Crippen LogP contribution is -2.47. The summed E-state index contributed by atoms with van der Waals surface area (Å²) in [6.45, 7) is 3.68. The molecule has 1 spiro atoms. The molecule has 0 saturated carbocycles. The van der Waals surface area contributed by atoms with Gasteiger partial charge in [0.2, 0.25) is 5.91 Å². The second-order valence-electron chi connectivity index (χ2n) is 8.09. The fourth-order valence-corrected chi connectivity index (χ4v) is 4.25. The molecule has 2 fully saturated rings. The van der Waals surface area contributed by atoms with E-state index in [0.717, 1.165) is 51.1 Å². The average Bonchev–Trinajstić information content (AvgIpc) is 3.37. The first kappa shape index (κ1) is 22.9. The highest BCUT2D eigenvalue weighted by molar-refractivity contribution is 6.00. The minimum absolute atomic E-state index is 0.209. The molecule has 2 aliphatic heterocycles. The Balaban J connectivity index is 0.000000339. The summed E-state index contributed by atoms with van der Waals surface area (Å²) in [5, 5.41) is 11.3. The Morgan fingerprint density at radius 2 is 1.97 bits per heavy atom. The van der Waals surface area contributed by atoms with Crippen molar-refractivity contribution in [2.75, 3.05) is 24.5 Å². The third kappa shape index (κ3) is 5.09. The van der Waals surface area contributed by atoms with Crippen LogP contribution in [0.15, 0.2) is 30.7 Å². The lowest BCUT2D eigenvalue weighted by molar-refractivity contribution is -0.192. The van der Waals surface area contributed by atoms with E-state index in [1.807, 2.05) is 18.1 Å². The molecule has 1 amide bonds. The highest BCUT2D eigenvalue weighted by atomic mass is 19.4. The number of carboxylic acids is 1. The number of aromatic nitrogens is 3. The monoisotopic (exact) mass is 441 g/mol. The summed E-state index contributed by atoms with van der Waals surface area (Å²) in [5.41, 5.74) is 2.03. The van der Waals surface area contributed by atoms with E-state index in [-0.39, 0.29) is 11.3 Å². The number of aryl methyl sites for hydroxylation is 2. The first-order chi connectivity index (χ1) is 14.5. The van der Waals surface area contributed by atoms with E-state index in [9.17, 15) is 18.0 Å². The predicted molar refractivity (Wildman–Crippen MR) is 106 cm³/mol. The average molecular weight is 441 g/mol. The summed E-state index contributed by atoms with van der Waals surface area (Å²) in [4.78, 5) is 26.4. The zero-order valence-electron chi connectivity index (χ0n) is 17.5. The van der Waals surface area contributed by atoms with E-state index in [4.69, 9.17) is 9.90 Å². The maximum Gasteiger partial charge on any atom is 0.490 e. The van der Waals surface area contributed by atoms with Crippen LogP contribution in [0.25, 0.3) is 0 Å². The number of carbonyl (C=O) groups is 2. The molecule has 0 bridgehead atoms. The van der Waals surface area contributed by atoms with Crippen LogP contribution < -0.4 is 4.90 Å². The summed E-state index contributed by atoms with van der Waals surface area (Å²) in [6, 6.07) is 4.25. The van der Waals surface area contributed by atoms with Crippen LogP contribution in [0.1, 0.15) is 25.0 Å². The predicted octanol–water partition coefficient (Wildman–Crippen LogP) is 2.41. The fraction of sp³-hybridized carbons (Fsp3) is 0.550. The second kappa shape index (κ2) is 8.74. The fourth-order valence-electron chi connectivity index (χ4n) is 4.25. The molecule has 4 rings (SSSR count). The van der Waals surface area contributed by atoms with Crippen molar-refractivity contribution in [3.05, 3.63) is 36.4 Å². The molecule has 1 N–H and O–H groups in total. The van der Waals surface area contributed by atoms with Gasteiger partial charge in [0.15, 0.2) is 0 Å². The van der Waals surface area contributed by atoms with Crippen molar-refractivity contribution in [1.29, 1.82) is 0 Å². The molecule has 1 atom stereocenters. The molecule has 2 aromatic rings. The summed E-state index contributed by atoms with van der Waals surface area (Å²) in [5.74, 6) is -2.47. The first-order valence-electron chi connectivity index (χ1n) is 9.95. The normalized spacial score (nSPS) is 22.0. The molecule has 2 aromatic heterocycles. The number of piperidine rings is 1. The Kier molecular flexibility index (Phi) is 6.44. The van der Waals surface area contributed by atoms with Gasteiger partial charge in [0, 0.05) is 51.8 Å². The van der Waals surface area contributed by atoms with Gasteiger partial charge < -0.3 is 14.6 Å². The van der Waals surface area contributed by atoms with E-state index in [1.54, 1.807) is 10.9 Å². The van der Waals surface area contributed by atoms with Crippen LogP contribution in [0, 0.1) is 5.41 Å². The van der Waals surface area contributed by atoms with Gasteiger partial charge >= 0.3 is 12.1 Å². The van der Waals surface area contributed by atoms with E-state index in [1.165, 1.54) is 5.69 Å². The molecule has 8 nitrogen and oxygen atoms in total. The van der Waals surface area contributed by atoms with Gasteiger partial charge in [0.1, 0.15) is 0 Å². The third-order valence-electron chi connectivity index (χ3n) is 5.85. The van der Waals surface area contributed by atoms with Gasteiger partial charge in [-0.15, -0.1) is 0 Å². The van der Waals surface area contributed by atoms with Crippen molar-refractivity contribution in [2.45, 2.75) is 32.0 Å². The highest BCUT2D eigenvalue weighted by Crippen LogP contribution is 2.42. The molecule has 170 valence electrons. The van der Waals surface area contributed by atoms with Crippen LogP contribution in [-0.4, -0.2) is 62.0 Å². The Labute approximate surface area is 177 Å². The Morgan fingerprint density at radius 1 is 1.26 bits per heavy atom. The molecule has 1 unspecified atom stereocenters. The maximum atomic E-state index is 13.2. The van der Waals surface area contributed by atoms with E-state index >= 15 is 0 Å². The minimum atomic E-state index is -5.08. The summed E-state index contributed by atoms with van der Waals surface area (Å²) >= 11 is 0. The number of aliphatic carboxylic acids is 1. The lowest BCUT2D eigenvalue weighted by atomic mass is 9.78. The Bertz CT molecular complexity index is 939. The van der Waals surface area contributed by atoms with Crippen molar-refractivity contribution < 1.29 is 27.9 Å². The first-order valence-corrected chi connectivity index (χ1v) is 9.95. The van der Waals surface area contributed by atoms with Crippen LogP contribution in [0.3, 0.4) is 0 Å². The SMILES string of the molecule is Cn1cc(N2CCC3(CCCN(Cc4cccn4C)C3)C2=O)cn1.O=C(O)C(F)(F)F. The van der Waals surface area contributed by atoms with Gasteiger partial charge in [-0.2, -0.15) is 18.3 Å². The van der Waals surface area contributed by atoms with Crippen molar-refractivity contribution in [1.82, 2.24) is 19.2 Å². The number of amides is 1. The number of anilines is 1. The maximum absolute atomic E-state index is 13.2. The standard InChI is InChI=1S/C18H25N5O.C2HF3O2/c1-20-8-3-5-15(20)13-22-9-4-6-18(14-22)7-10-23(17(18)24)16-11-19-21(2)12-16;3-2(4,5)1(6)7/h3,5,8,11-12H,4,6-7,9-10,13-14H2,1-2H3;(H,6,7). The number of hydrogen-bond acceptors (Lipinski definition) is 4. The number of hydrogen-bond donors (Lipinski definition) is 1. The van der Waals surface area contributed by atoms with Gasteiger partial charge in [0.05, 0.1) is 17.3 Å². The molecule has 2 aliphatic rings. The molecular formula is C20H26F3N5O3. The largest absolute Gasteiger partial charge is 0.490 e. The Hall–Kier alpha value is -2.82. The van der Waals surface area contributed by atoms with Gasteiger partial charge in [-0.3, -0.25) is 14.4 Å². The van der Waals surface area contributed by atoms with Crippen LogP contribution >= 0.6 is 0 Å². The highest BCUT2D eigenvalue weighted by Gasteiger charge is 2.49.